The van der Waals surface area contributed by atoms with E-state index in [0.717, 1.165) is 55.1 Å². The van der Waals surface area contributed by atoms with Gasteiger partial charge in [0.1, 0.15) is 16.9 Å². The Balaban J connectivity index is 1.56. The molecule has 246 valence electrons. The van der Waals surface area contributed by atoms with Crippen LogP contribution in [0.3, 0.4) is 0 Å². The molecule has 0 unspecified atom stereocenters. The first-order valence-electron chi connectivity index (χ1n) is 16.1. The third kappa shape index (κ3) is 6.55. The van der Waals surface area contributed by atoms with Crippen molar-refractivity contribution in [3.05, 3.63) is 58.3 Å². The summed E-state index contributed by atoms with van der Waals surface area (Å²) in [4.78, 5) is 23.9. The minimum Gasteiger partial charge on any atom is -0.490 e. The van der Waals surface area contributed by atoms with E-state index < -0.39 is 17.4 Å². The molecule has 47 heavy (non-hydrogen) atoms. The van der Waals surface area contributed by atoms with Gasteiger partial charge in [0.05, 0.1) is 38.5 Å². The molecule has 1 saturated heterocycles. The summed E-state index contributed by atoms with van der Waals surface area (Å²) in [5.41, 5.74) is 6.09. The zero-order valence-electron chi connectivity index (χ0n) is 27.9. The van der Waals surface area contributed by atoms with Gasteiger partial charge in [-0.25, -0.2) is 9.97 Å². The van der Waals surface area contributed by atoms with Gasteiger partial charge in [-0.15, -0.1) is 0 Å². The van der Waals surface area contributed by atoms with Crippen LogP contribution in [-0.4, -0.2) is 75.6 Å². The lowest BCUT2D eigenvalue weighted by Gasteiger charge is -2.30. The summed E-state index contributed by atoms with van der Waals surface area (Å²) in [6, 6.07) is 5.86. The van der Waals surface area contributed by atoms with Gasteiger partial charge in [0.25, 0.3) is 0 Å². The van der Waals surface area contributed by atoms with Gasteiger partial charge in [0, 0.05) is 59.7 Å². The number of carboxylic acid groups (broad SMARTS) is 1. The Morgan fingerprint density at radius 1 is 1.15 bits per heavy atom. The lowest BCUT2D eigenvalue weighted by molar-refractivity contribution is -0.136. The maximum absolute atomic E-state index is 16.5. The summed E-state index contributed by atoms with van der Waals surface area (Å²) in [7, 11) is 1.93. The number of rotatable bonds is 6. The average molecular weight is 641 g/mol. The smallest absolute Gasteiger partial charge is 0.307 e. The molecule has 0 spiro atoms. The molecular formula is C37H41FN4O5. The summed E-state index contributed by atoms with van der Waals surface area (Å²) in [6.45, 7) is 13.6. The molecule has 0 amide bonds. The van der Waals surface area contributed by atoms with Crippen molar-refractivity contribution < 1.29 is 28.5 Å². The van der Waals surface area contributed by atoms with Crippen molar-refractivity contribution in [1.82, 2.24) is 19.4 Å². The Kier molecular flexibility index (Phi) is 8.97. The van der Waals surface area contributed by atoms with Gasteiger partial charge < -0.3 is 23.9 Å². The van der Waals surface area contributed by atoms with Crippen LogP contribution in [-0.2, 0) is 29.4 Å². The Hall–Kier alpha value is -4.46. The number of hydrogen-bond acceptors (Lipinski definition) is 7. The van der Waals surface area contributed by atoms with E-state index in [1.165, 1.54) is 0 Å². The maximum atomic E-state index is 16.5. The first-order chi connectivity index (χ1) is 22.4. The van der Waals surface area contributed by atoms with Crippen LogP contribution >= 0.6 is 0 Å². The summed E-state index contributed by atoms with van der Waals surface area (Å²) in [6.07, 6.45) is 2.86. The van der Waals surface area contributed by atoms with E-state index in [4.69, 9.17) is 19.2 Å². The fraction of sp³-hybridized carbons (Fsp3) is 0.432. The van der Waals surface area contributed by atoms with Crippen molar-refractivity contribution in [2.45, 2.75) is 59.5 Å². The highest BCUT2D eigenvalue weighted by atomic mass is 19.1. The second-order valence-corrected chi connectivity index (χ2v) is 13.2. The summed E-state index contributed by atoms with van der Waals surface area (Å²) in [5, 5.41) is 10.7. The van der Waals surface area contributed by atoms with Crippen molar-refractivity contribution in [3.8, 4) is 45.7 Å². The molecule has 0 radical (unpaired) electrons. The predicted octanol–water partition coefficient (Wildman–Crippen LogP) is 5.87. The van der Waals surface area contributed by atoms with Gasteiger partial charge in [-0.2, -0.15) is 4.39 Å². The van der Waals surface area contributed by atoms with E-state index in [1.54, 1.807) is 13.1 Å². The summed E-state index contributed by atoms with van der Waals surface area (Å²) >= 11 is 0. The molecule has 10 heteroatoms. The fourth-order valence-electron chi connectivity index (χ4n) is 6.49. The van der Waals surface area contributed by atoms with E-state index in [2.05, 4.69) is 21.7 Å². The first kappa shape index (κ1) is 32.5. The lowest BCUT2D eigenvalue weighted by Crippen LogP contribution is -2.36. The van der Waals surface area contributed by atoms with E-state index in [1.807, 2.05) is 57.5 Å². The molecular weight excluding hydrogens is 599 g/mol. The van der Waals surface area contributed by atoms with Crippen molar-refractivity contribution in [1.29, 1.82) is 0 Å². The number of pyridine rings is 2. The van der Waals surface area contributed by atoms with Crippen molar-refractivity contribution in [2.75, 3.05) is 39.5 Å². The van der Waals surface area contributed by atoms with Gasteiger partial charge >= 0.3 is 5.97 Å². The molecule has 0 atom stereocenters. The summed E-state index contributed by atoms with van der Waals surface area (Å²) in [5.74, 6) is 5.14. The van der Waals surface area contributed by atoms with Crippen LogP contribution in [0.25, 0.3) is 33.4 Å². The highest BCUT2D eigenvalue weighted by Gasteiger charge is 2.33. The van der Waals surface area contributed by atoms with Crippen LogP contribution in [0.1, 0.15) is 55.3 Å². The number of aryl methyl sites for hydroxylation is 2. The van der Waals surface area contributed by atoms with Gasteiger partial charge in [0.2, 0.25) is 5.82 Å². The molecule has 2 aliphatic rings. The Morgan fingerprint density at radius 3 is 2.64 bits per heavy atom. The molecule has 0 bridgehead atoms. The number of aromatic nitrogens is 3. The fourth-order valence-corrected chi connectivity index (χ4v) is 6.49. The minimum absolute atomic E-state index is 0.0568. The average Bonchev–Trinajstić information content (AvgIpc) is 3.36. The van der Waals surface area contributed by atoms with Crippen LogP contribution in [0.4, 0.5) is 4.39 Å². The predicted molar refractivity (Wildman–Crippen MR) is 178 cm³/mol. The number of aliphatic carboxylic acids is 1. The number of carboxylic acids is 1. The van der Waals surface area contributed by atoms with Crippen molar-refractivity contribution in [3.63, 3.8) is 0 Å². The van der Waals surface area contributed by atoms with Crippen molar-refractivity contribution >= 4 is 17.0 Å². The molecule has 1 aromatic carbocycles. The van der Waals surface area contributed by atoms with E-state index in [0.29, 0.717) is 58.7 Å². The Morgan fingerprint density at radius 2 is 1.91 bits per heavy atom. The van der Waals surface area contributed by atoms with Gasteiger partial charge in [-0.05, 0) is 82.7 Å². The standard InChI is InChI=1S/C37H41FN4O5/c1-22-26-10-8-16-46-34(26)33(38)35(47-37(3,4)5)31(22)32-27(21-30(43)44)23(2)40-36-28(32)20-29(41(36)6)24-11-12-39-25(19-24)9-7-13-42-14-17-45-18-15-42/h11-12,19-20H,8,10,13-18,21H2,1-6H3,(H,43,44). The van der Waals surface area contributed by atoms with E-state index in [9.17, 15) is 9.90 Å². The van der Waals surface area contributed by atoms with Crippen LogP contribution in [0.5, 0.6) is 11.5 Å². The van der Waals surface area contributed by atoms with Gasteiger partial charge in [-0.1, -0.05) is 5.92 Å². The number of morpholine rings is 1. The number of halogens is 1. The zero-order chi connectivity index (χ0) is 33.5. The third-order valence-corrected chi connectivity index (χ3v) is 8.69. The highest BCUT2D eigenvalue weighted by Crippen LogP contribution is 2.49. The molecule has 0 saturated carbocycles. The molecule has 5 heterocycles. The SMILES string of the molecule is Cc1nc2c(cc(-c3ccnc(C#CCN4CCOCC4)c3)n2C)c(-c2c(C)c3c(c(F)c2OC(C)(C)C)OCCC3)c1CC(=O)O. The Labute approximate surface area is 274 Å². The largest absolute Gasteiger partial charge is 0.490 e. The van der Waals surface area contributed by atoms with Crippen LogP contribution in [0.2, 0.25) is 0 Å². The van der Waals surface area contributed by atoms with Gasteiger partial charge in [-0.3, -0.25) is 9.69 Å². The quantitative estimate of drug-likeness (QED) is 0.262. The topological polar surface area (TPSA) is 98.9 Å². The third-order valence-electron chi connectivity index (χ3n) is 8.69. The number of fused-ring (bicyclic) bond motifs is 2. The normalized spacial score (nSPS) is 15.1. The first-order valence-corrected chi connectivity index (χ1v) is 16.1. The number of hydrogen-bond donors (Lipinski definition) is 1. The molecule has 0 aliphatic carbocycles. The van der Waals surface area contributed by atoms with Crippen LogP contribution < -0.4 is 9.47 Å². The molecule has 1 fully saturated rings. The number of ether oxygens (including phenoxy) is 3. The lowest BCUT2D eigenvalue weighted by atomic mass is 9.86. The molecule has 2 aliphatic heterocycles. The minimum atomic E-state index is -1.00. The summed E-state index contributed by atoms with van der Waals surface area (Å²) < 4.78 is 36.1. The molecule has 3 aromatic heterocycles. The Bertz CT molecular complexity index is 1930. The van der Waals surface area contributed by atoms with Gasteiger partial charge in [0.15, 0.2) is 11.5 Å². The highest BCUT2D eigenvalue weighted by molar-refractivity contribution is 6.02. The molecule has 6 rings (SSSR count). The molecule has 1 N–H and O–H groups in total. The second kappa shape index (κ2) is 13.0. The monoisotopic (exact) mass is 640 g/mol. The molecule has 4 aromatic rings. The number of nitrogens with zero attached hydrogens (tertiary/aromatic N) is 4. The number of carbonyl (C=O) groups is 1. The second-order valence-electron chi connectivity index (χ2n) is 13.2. The molecule has 9 nitrogen and oxygen atoms in total. The zero-order valence-corrected chi connectivity index (χ0v) is 27.9. The van der Waals surface area contributed by atoms with E-state index >= 15 is 4.39 Å². The van der Waals surface area contributed by atoms with E-state index in [-0.39, 0.29) is 17.9 Å². The van der Waals surface area contributed by atoms with Crippen LogP contribution in [0, 0.1) is 31.5 Å². The van der Waals surface area contributed by atoms with Crippen molar-refractivity contribution in [2.24, 2.45) is 7.05 Å². The van der Waals surface area contributed by atoms with Crippen LogP contribution in [0.15, 0.2) is 24.4 Å². The maximum Gasteiger partial charge on any atom is 0.307 e. The number of benzene rings is 1.